The van der Waals surface area contributed by atoms with Gasteiger partial charge in [-0.2, -0.15) is 4.37 Å². The molecule has 0 atom stereocenters. The van der Waals surface area contributed by atoms with E-state index in [0.29, 0.717) is 15.3 Å². The van der Waals surface area contributed by atoms with Crippen LogP contribution in [0.25, 0.3) is 0 Å². The second-order valence-electron chi connectivity index (χ2n) is 2.31. The number of hydrogen-bond donors (Lipinski definition) is 0. The molecule has 1 aromatic heterocycles. The molecule has 0 spiro atoms. The lowest BCUT2D eigenvalue weighted by atomic mass is 10.1. The van der Waals surface area contributed by atoms with E-state index >= 15 is 0 Å². The minimum Gasteiger partial charge on any atom is -0.194 e. The highest BCUT2D eigenvalue weighted by Crippen LogP contribution is 2.33. The van der Waals surface area contributed by atoms with E-state index in [2.05, 4.69) is 4.37 Å². The van der Waals surface area contributed by atoms with Crippen LogP contribution in [0, 0.1) is 0 Å². The van der Waals surface area contributed by atoms with Crippen molar-refractivity contribution < 1.29 is 0 Å². The van der Waals surface area contributed by atoms with E-state index in [0.717, 1.165) is 5.69 Å². The third kappa shape index (κ3) is 1.44. The quantitative estimate of drug-likeness (QED) is 0.668. The minimum atomic E-state index is 0.358. The Balaban J connectivity index is 3.05. The molecule has 56 valence electrons. The van der Waals surface area contributed by atoms with Crippen LogP contribution in [0.4, 0.5) is 0 Å². The molecule has 0 aliphatic heterocycles. The SMILES string of the molecule is CC(C)c1nsc(Cl)c1Cl. The Morgan fingerprint density at radius 2 is 2.00 bits per heavy atom. The first kappa shape index (κ1) is 8.31. The lowest BCUT2D eigenvalue weighted by Gasteiger charge is -1.97. The van der Waals surface area contributed by atoms with Crippen molar-refractivity contribution in [1.82, 2.24) is 4.37 Å². The molecule has 0 saturated heterocycles. The van der Waals surface area contributed by atoms with Gasteiger partial charge in [-0.15, -0.1) is 0 Å². The molecule has 1 rings (SSSR count). The Labute approximate surface area is 74.1 Å². The van der Waals surface area contributed by atoms with Crippen molar-refractivity contribution in [3.63, 3.8) is 0 Å². The fraction of sp³-hybridized carbons (Fsp3) is 0.500. The Kier molecular flexibility index (Phi) is 2.55. The van der Waals surface area contributed by atoms with E-state index in [9.17, 15) is 0 Å². The molecular weight excluding hydrogens is 189 g/mol. The number of nitrogens with zero attached hydrogens (tertiary/aromatic N) is 1. The van der Waals surface area contributed by atoms with E-state index in [1.54, 1.807) is 0 Å². The van der Waals surface area contributed by atoms with Gasteiger partial charge in [0.2, 0.25) is 0 Å². The van der Waals surface area contributed by atoms with Crippen molar-refractivity contribution in [3.05, 3.63) is 15.1 Å². The van der Waals surface area contributed by atoms with Gasteiger partial charge in [-0.05, 0) is 17.5 Å². The Morgan fingerprint density at radius 3 is 2.20 bits per heavy atom. The van der Waals surface area contributed by atoms with Gasteiger partial charge in [0, 0.05) is 0 Å². The fourth-order valence-electron chi connectivity index (χ4n) is 0.629. The molecule has 4 heteroatoms. The first-order valence-corrected chi connectivity index (χ1v) is 4.46. The summed E-state index contributed by atoms with van der Waals surface area (Å²) in [5.41, 5.74) is 0.900. The topological polar surface area (TPSA) is 12.9 Å². The number of rotatable bonds is 1. The molecule has 0 aromatic carbocycles. The van der Waals surface area contributed by atoms with Gasteiger partial charge in [0.05, 0.1) is 10.7 Å². The van der Waals surface area contributed by atoms with E-state index in [1.165, 1.54) is 11.5 Å². The molecule has 0 radical (unpaired) electrons. The molecule has 1 aromatic rings. The summed E-state index contributed by atoms with van der Waals surface area (Å²) < 4.78 is 4.68. The molecule has 0 N–H and O–H groups in total. The summed E-state index contributed by atoms with van der Waals surface area (Å²) in [7, 11) is 0. The molecule has 1 nitrogen and oxygen atoms in total. The van der Waals surface area contributed by atoms with Gasteiger partial charge < -0.3 is 0 Å². The highest BCUT2D eigenvalue weighted by atomic mass is 35.5. The predicted molar refractivity (Wildman–Crippen MR) is 46.2 cm³/mol. The van der Waals surface area contributed by atoms with Crippen molar-refractivity contribution in [3.8, 4) is 0 Å². The fourth-order valence-corrected chi connectivity index (χ4v) is 1.91. The van der Waals surface area contributed by atoms with Crippen molar-refractivity contribution in [2.45, 2.75) is 19.8 Å². The van der Waals surface area contributed by atoms with Crippen LogP contribution in [0.2, 0.25) is 9.36 Å². The molecular formula is C6H7Cl2NS. The van der Waals surface area contributed by atoms with Gasteiger partial charge in [-0.25, -0.2) is 0 Å². The third-order valence-electron chi connectivity index (χ3n) is 1.17. The zero-order valence-electron chi connectivity index (χ0n) is 5.69. The molecule has 0 aliphatic rings. The van der Waals surface area contributed by atoms with Gasteiger partial charge in [-0.1, -0.05) is 37.0 Å². The van der Waals surface area contributed by atoms with Crippen LogP contribution >= 0.6 is 34.7 Å². The average molecular weight is 196 g/mol. The molecule has 0 fully saturated rings. The number of aromatic nitrogens is 1. The van der Waals surface area contributed by atoms with Gasteiger partial charge in [-0.3, -0.25) is 0 Å². The summed E-state index contributed by atoms with van der Waals surface area (Å²) in [4.78, 5) is 0. The van der Waals surface area contributed by atoms with Gasteiger partial charge in [0.25, 0.3) is 0 Å². The highest BCUT2D eigenvalue weighted by Gasteiger charge is 2.11. The summed E-state index contributed by atoms with van der Waals surface area (Å²) in [5.74, 6) is 0.358. The van der Waals surface area contributed by atoms with Crippen molar-refractivity contribution in [2.24, 2.45) is 0 Å². The maximum absolute atomic E-state index is 5.82. The number of halogens is 2. The molecule has 10 heavy (non-hydrogen) atoms. The van der Waals surface area contributed by atoms with Crippen LogP contribution in [0.5, 0.6) is 0 Å². The average Bonchev–Trinajstić information content (AvgIpc) is 2.14. The lowest BCUT2D eigenvalue weighted by molar-refractivity contribution is 0.841. The summed E-state index contributed by atoms with van der Waals surface area (Å²) in [5, 5.41) is 0.613. The van der Waals surface area contributed by atoms with Gasteiger partial charge >= 0.3 is 0 Å². The maximum atomic E-state index is 5.82. The Bertz CT molecular complexity index is 232. The smallest absolute Gasteiger partial charge is 0.132 e. The van der Waals surface area contributed by atoms with Crippen molar-refractivity contribution in [1.29, 1.82) is 0 Å². The second-order valence-corrected chi connectivity index (χ2v) is 4.06. The van der Waals surface area contributed by atoms with Gasteiger partial charge in [0.1, 0.15) is 4.34 Å². The highest BCUT2D eigenvalue weighted by molar-refractivity contribution is 7.11. The van der Waals surface area contributed by atoms with Crippen LogP contribution in [0.15, 0.2) is 0 Å². The number of hydrogen-bond acceptors (Lipinski definition) is 2. The van der Waals surface area contributed by atoms with Crippen molar-refractivity contribution >= 4 is 34.7 Å². The van der Waals surface area contributed by atoms with Gasteiger partial charge in [0.15, 0.2) is 0 Å². The first-order chi connectivity index (χ1) is 4.63. The van der Waals surface area contributed by atoms with Crippen LogP contribution in [-0.2, 0) is 0 Å². The normalized spacial score (nSPS) is 10.9. The largest absolute Gasteiger partial charge is 0.194 e. The van der Waals surface area contributed by atoms with Crippen LogP contribution in [-0.4, -0.2) is 4.37 Å². The summed E-state index contributed by atoms with van der Waals surface area (Å²) in [6.45, 7) is 4.08. The molecule has 0 bridgehead atoms. The van der Waals surface area contributed by atoms with Crippen LogP contribution in [0.1, 0.15) is 25.5 Å². The predicted octanol–water partition coefficient (Wildman–Crippen LogP) is 3.57. The zero-order valence-corrected chi connectivity index (χ0v) is 8.02. The van der Waals surface area contributed by atoms with Crippen LogP contribution < -0.4 is 0 Å². The lowest BCUT2D eigenvalue weighted by Crippen LogP contribution is -1.85. The Morgan fingerprint density at radius 1 is 1.40 bits per heavy atom. The second kappa shape index (κ2) is 3.07. The van der Waals surface area contributed by atoms with E-state index in [-0.39, 0.29) is 0 Å². The standard InChI is InChI=1S/C6H7Cl2NS/c1-3(2)5-4(7)6(8)10-9-5/h3H,1-2H3. The summed E-state index contributed by atoms with van der Waals surface area (Å²) in [6.07, 6.45) is 0. The molecule has 1 heterocycles. The molecule has 0 amide bonds. The zero-order chi connectivity index (χ0) is 7.72. The Hall–Kier alpha value is 0.210. The van der Waals surface area contributed by atoms with Crippen molar-refractivity contribution in [2.75, 3.05) is 0 Å². The summed E-state index contributed by atoms with van der Waals surface area (Å²) >= 11 is 12.8. The molecule has 0 saturated carbocycles. The van der Waals surface area contributed by atoms with E-state index < -0.39 is 0 Å². The van der Waals surface area contributed by atoms with E-state index in [1.807, 2.05) is 13.8 Å². The van der Waals surface area contributed by atoms with E-state index in [4.69, 9.17) is 23.2 Å². The molecule has 0 aliphatic carbocycles. The summed E-state index contributed by atoms with van der Waals surface area (Å²) in [6, 6.07) is 0. The monoisotopic (exact) mass is 195 g/mol. The molecule has 0 unspecified atom stereocenters. The van der Waals surface area contributed by atoms with Crippen LogP contribution in [0.3, 0.4) is 0 Å². The maximum Gasteiger partial charge on any atom is 0.132 e. The first-order valence-electron chi connectivity index (χ1n) is 2.93. The minimum absolute atomic E-state index is 0.358. The third-order valence-corrected chi connectivity index (χ3v) is 2.81.